The molecule has 0 aliphatic carbocycles. The molecule has 0 spiro atoms. The zero-order chi connectivity index (χ0) is 30.2. The van der Waals surface area contributed by atoms with Gasteiger partial charge in [0.15, 0.2) is 0 Å². The van der Waals surface area contributed by atoms with Crippen LogP contribution < -0.4 is 9.62 Å². The number of amides is 2. The van der Waals surface area contributed by atoms with Gasteiger partial charge in [0.25, 0.3) is 10.0 Å². The van der Waals surface area contributed by atoms with Gasteiger partial charge in [-0.3, -0.25) is 13.9 Å². The summed E-state index contributed by atoms with van der Waals surface area (Å²) in [5.74, 6) is -0.712. The highest BCUT2D eigenvalue weighted by Crippen LogP contribution is 2.29. The van der Waals surface area contributed by atoms with Gasteiger partial charge in [-0.25, -0.2) is 8.42 Å². The van der Waals surface area contributed by atoms with Crippen LogP contribution in [0.15, 0.2) is 77.7 Å². The minimum Gasteiger partial charge on any atom is -0.352 e. The van der Waals surface area contributed by atoms with Crippen LogP contribution in [0.25, 0.3) is 0 Å². The van der Waals surface area contributed by atoms with Crippen molar-refractivity contribution in [3.8, 4) is 0 Å². The number of anilines is 1. The number of aryl methyl sites for hydroxylation is 2. The van der Waals surface area contributed by atoms with Gasteiger partial charge in [0.1, 0.15) is 12.6 Å². The number of carbonyl (C=O) groups is 2. The van der Waals surface area contributed by atoms with Crippen LogP contribution in [0.3, 0.4) is 0 Å². The Labute approximate surface area is 249 Å². The van der Waals surface area contributed by atoms with Gasteiger partial charge in [0, 0.05) is 17.6 Å². The summed E-state index contributed by atoms with van der Waals surface area (Å²) in [6.07, 6.45) is 1.65. The summed E-state index contributed by atoms with van der Waals surface area (Å²) >= 11 is 6.19. The van der Waals surface area contributed by atoms with Crippen molar-refractivity contribution in [2.45, 2.75) is 70.9 Å². The molecule has 0 radical (unpaired) electrons. The molecule has 3 aromatic carbocycles. The maximum absolute atomic E-state index is 14.1. The Morgan fingerprint density at radius 2 is 1.59 bits per heavy atom. The number of nitrogens with zero attached hydrogens (tertiary/aromatic N) is 2. The average Bonchev–Trinajstić information content (AvgIpc) is 2.94. The molecule has 0 fully saturated rings. The second kappa shape index (κ2) is 14.5. The van der Waals surface area contributed by atoms with Crippen molar-refractivity contribution in [1.29, 1.82) is 0 Å². The van der Waals surface area contributed by atoms with E-state index >= 15 is 0 Å². The first-order chi connectivity index (χ1) is 19.5. The highest BCUT2D eigenvalue weighted by molar-refractivity contribution is 7.92. The first-order valence-corrected chi connectivity index (χ1v) is 15.8. The predicted molar refractivity (Wildman–Crippen MR) is 166 cm³/mol. The normalized spacial score (nSPS) is 12.8. The fraction of sp³-hybridized carbons (Fsp3) is 0.375. The van der Waals surface area contributed by atoms with Gasteiger partial charge >= 0.3 is 0 Å². The molecule has 0 bridgehead atoms. The molecule has 0 aromatic heterocycles. The number of hydrogen-bond acceptors (Lipinski definition) is 4. The first kappa shape index (κ1) is 32.2. The van der Waals surface area contributed by atoms with Crippen molar-refractivity contribution in [3.05, 3.63) is 94.5 Å². The summed E-state index contributed by atoms with van der Waals surface area (Å²) in [6.45, 7) is 9.17. The van der Waals surface area contributed by atoms with E-state index in [0.29, 0.717) is 29.1 Å². The van der Waals surface area contributed by atoms with Gasteiger partial charge in [0.2, 0.25) is 11.8 Å². The fourth-order valence-electron chi connectivity index (χ4n) is 4.59. The van der Waals surface area contributed by atoms with Crippen LogP contribution in [0.5, 0.6) is 0 Å². The molecule has 7 nitrogen and oxygen atoms in total. The van der Waals surface area contributed by atoms with Gasteiger partial charge in [0.05, 0.1) is 10.6 Å². The third-order valence-corrected chi connectivity index (χ3v) is 9.20. The molecule has 3 rings (SSSR count). The number of carbonyl (C=O) groups excluding carboxylic acids is 2. The van der Waals surface area contributed by atoms with Crippen LogP contribution >= 0.6 is 11.6 Å². The summed E-state index contributed by atoms with van der Waals surface area (Å²) in [7, 11) is -4.14. The lowest BCUT2D eigenvalue weighted by atomic mass is 10.1. The number of rotatable bonds is 13. The molecule has 0 unspecified atom stereocenters. The minimum atomic E-state index is -4.14. The minimum absolute atomic E-state index is 0.0576. The van der Waals surface area contributed by atoms with Gasteiger partial charge in [-0.05, 0) is 81.5 Å². The van der Waals surface area contributed by atoms with Gasteiger partial charge in [-0.2, -0.15) is 0 Å². The summed E-state index contributed by atoms with van der Waals surface area (Å²) in [5, 5.41) is 3.46. The monoisotopic (exact) mass is 597 g/mol. The average molecular weight is 598 g/mol. The lowest BCUT2D eigenvalue weighted by Crippen LogP contribution is -2.54. The van der Waals surface area contributed by atoms with Crippen LogP contribution in [0.4, 0.5) is 5.69 Å². The van der Waals surface area contributed by atoms with Crippen LogP contribution in [0.1, 0.15) is 50.3 Å². The summed E-state index contributed by atoms with van der Waals surface area (Å²) in [4.78, 5) is 29.1. The molecule has 2 amide bonds. The Kier molecular flexibility index (Phi) is 11.4. The van der Waals surface area contributed by atoms with Crippen LogP contribution in [0, 0.1) is 13.8 Å². The van der Waals surface area contributed by atoms with Crippen LogP contribution in [-0.4, -0.2) is 50.3 Å². The molecular weight excluding hydrogens is 558 g/mol. The molecule has 0 saturated heterocycles. The van der Waals surface area contributed by atoms with Gasteiger partial charge in [-0.1, -0.05) is 73.5 Å². The van der Waals surface area contributed by atoms with E-state index in [2.05, 4.69) is 5.32 Å². The van der Waals surface area contributed by atoms with Crippen LogP contribution in [0.2, 0.25) is 5.02 Å². The second-order valence-corrected chi connectivity index (χ2v) is 12.6. The zero-order valence-corrected chi connectivity index (χ0v) is 26.0. The molecule has 9 heteroatoms. The molecule has 0 aliphatic rings. The quantitative estimate of drug-likeness (QED) is 0.265. The topological polar surface area (TPSA) is 86.8 Å². The Bertz CT molecular complexity index is 1430. The van der Waals surface area contributed by atoms with E-state index in [1.54, 1.807) is 37.3 Å². The Balaban J connectivity index is 2.04. The lowest BCUT2D eigenvalue weighted by molar-refractivity contribution is -0.139. The maximum Gasteiger partial charge on any atom is 0.264 e. The molecule has 41 heavy (non-hydrogen) atoms. The molecule has 0 aliphatic heterocycles. The summed E-state index contributed by atoms with van der Waals surface area (Å²) < 4.78 is 29.2. The lowest BCUT2D eigenvalue weighted by Gasteiger charge is -2.34. The van der Waals surface area contributed by atoms with Gasteiger partial charge < -0.3 is 10.2 Å². The fourth-order valence-corrected chi connectivity index (χ4v) is 6.29. The third kappa shape index (κ3) is 8.33. The molecule has 0 saturated carbocycles. The number of sulfonamides is 1. The standard InChI is InChI=1S/C32H40ClN3O4S/c1-6-25(5)34-32(38)29(7-2)35(20-19-26-11-9-8-10-12-26)31(37)22-36(30-18-15-27(33)21-24(30)4)41(39,40)28-16-13-23(3)14-17-28/h8-18,21,25,29H,6-7,19-20,22H2,1-5H3,(H,34,38)/t25-,29-/m1/s1. The number of nitrogens with one attached hydrogen (secondary N) is 1. The van der Waals surface area contributed by atoms with E-state index in [1.165, 1.54) is 17.0 Å². The van der Waals surface area contributed by atoms with Crippen molar-refractivity contribution in [2.24, 2.45) is 0 Å². The van der Waals surface area contributed by atoms with E-state index < -0.39 is 28.5 Å². The zero-order valence-electron chi connectivity index (χ0n) is 24.4. The molecule has 0 heterocycles. The van der Waals surface area contributed by atoms with Crippen molar-refractivity contribution in [3.63, 3.8) is 0 Å². The smallest absolute Gasteiger partial charge is 0.264 e. The van der Waals surface area contributed by atoms with Crippen LogP contribution in [-0.2, 0) is 26.0 Å². The molecule has 220 valence electrons. The summed E-state index contributed by atoms with van der Waals surface area (Å²) in [5.41, 5.74) is 2.89. The van der Waals surface area contributed by atoms with E-state index in [9.17, 15) is 18.0 Å². The van der Waals surface area contributed by atoms with E-state index in [-0.39, 0.29) is 23.4 Å². The van der Waals surface area contributed by atoms with E-state index in [0.717, 1.165) is 21.9 Å². The van der Waals surface area contributed by atoms with Gasteiger partial charge in [-0.15, -0.1) is 0 Å². The Morgan fingerprint density at radius 1 is 0.927 bits per heavy atom. The number of hydrogen-bond donors (Lipinski definition) is 1. The predicted octanol–water partition coefficient (Wildman–Crippen LogP) is 5.92. The molecule has 1 N–H and O–H groups in total. The van der Waals surface area contributed by atoms with Crippen molar-refractivity contribution >= 4 is 39.1 Å². The molecular formula is C32H40ClN3O4S. The summed E-state index contributed by atoms with van der Waals surface area (Å²) in [6, 6.07) is 20.3. The van der Waals surface area contributed by atoms with E-state index in [4.69, 9.17) is 11.6 Å². The Morgan fingerprint density at radius 3 is 2.17 bits per heavy atom. The Hall–Kier alpha value is -3.36. The first-order valence-electron chi connectivity index (χ1n) is 14.0. The van der Waals surface area contributed by atoms with E-state index in [1.807, 2.05) is 58.0 Å². The number of halogens is 1. The van der Waals surface area contributed by atoms with Crippen molar-refractivity contribution in [2.75, 3.05) is 17.4 Å². The molecule has 2 atom stereocenters. The van der Waals surface area contributed by atoms with Crippen molar-refractivity contribution in [1.82, 2.24) is 10.2 Å². The number of benzene rings is 3. The third-order valence-electron chi connectivity index (χ3n) is 7.19. The highest BCUT2D eigenvalue weighted by Gasteiger charge is 2.34. The molecule has 3 aromatic rings. The second-order valence-electron chi connectivity index (χ2n) is 10.3. The van der Waals surface area contributed by atoms with Crippen molar-refractivity contribution < 1.29 is 18.0 Å². The highest BCUT2D eigenvalue weighted by atomic mass is 35.5. The largest absolute Gasteiger partial charge is 0.352 e. The SMILES string of the molecule is CC[C@@H](C)NC(=O)[C@@H](CC)N(CCc1ccccc1)C(=O)CN(c1ccc(Cl)cc1C)S(=O)(=O)c1ccc(C)cc1. The maximum atomic E-state index is 14.1.